The molecule has 0 aliphatic rings. The number of hydrogen-bond acceptors (Lipinski definition) is 3. The Kier molecular flexibility index (Phi) is 3.86. The zero-order valence-electron chi connectivity index (χ0n) is 10.7. The molecule has 0 saturated carbocycles. The van der Waals surface area contributed by atoms with Crippen molar-refractivity contribution in [1.29, 1.82) is 0 Å². The van der Waals surface area contributed by atoms with E-state index in [1.54, 1.807) is 24.3 Å². The molecule has 0 bridgehead atoms. The summed E-state index contributed by atoms with van der Waals surface area (Å²) in [4.78, 5) is 1.42. The van der Waals surface area contributed by atoms with Gasteiger partial charge in [-0.15, -0.1) is 10.2 Å². The lowest BCUT2D eigenvalue weighted by atomic mass is 10.2. The summed E-state index contributed by atoms with van der Waals surface area (Å²) in [5, 5.41) is 13.1. The number of benzene rings is 2. The van der Waals surface area contributed by atoms with Gasteiger partial charge in [0.1, 0.15) is 5.82 Å². The fourth-order valence-corrected chi connectivity index (χ4v) is 2.18. The summed E-state index contributed by atoms with van der Waals surface area (Å²) < 4.78 is 13.2. The largest absolute Gasteiger partial charge is 0.207 e. The molecule has 0 aliphatic heterocycles. The molecule has 0 unspecified atom stereocenters. The van der Waals surface area contributed by atoms with E-state index < -0.39 is 0 Å². The first-order chi connectivity index (χ1) is 10.1. The molecule has 1 aromatic heterocycles. The molecule has 7 heteroatoms. The topological polar surface area (TPSA) is 43.6 Å². The number of rotatable bonds is 3. The first-order valence-electron chi connectivity index (χ1n) is 6.09. The minimum atomic E-state index is -0.340. The van der Waals surface area contributed by atoms with Crippen LogP contribution in [0.2, 0.25) is 10.0 Å². The second-order valence-corrected chi connectivity index (χ2v) is 5.22. The third-order valence-corrected chi connectivity index (χ3v) is 3.58. The molecule has 0 spiro atoms. The van der Waals surface area contributed by atoms with Crippen LogP contribution in [-0.4, -0.2) is 20.2 Å². The lowest BCUT2D eigenvalue weighted by molar-refractivity contribution is 0.573. The van der Waals surface area contributed by atoms with Crippen molar-refractivity contribution < 1.29 is 4.39 Å². The van der Waals surface area contributed by atoms with Gasteiger partial charge >= 0.3 is 0 Å². The average Bonchev–Trinajstić information content (AvgIpc) is 2.91. The average molecular weight is 323 g/mol. The van der Waals surface area contributed by atoms with E-state index in [0.717, 1.165) is 5.56 Å². The minimum Gasteiger partial charge on any atom is -0.207 e. The Morgan fingerprint density at radius 1 is 1.05 bits per heavy atom. The lowest BCUT2D eigenvalue weighted by Crippen LogP contribution is -2.04. The predicted octanol–water partition coefficient (Wildman–Crippen LogP) is 3.83. The van der Waals surface area contributed by atoms with Gasteiger partial charge in [-0.05, 0) is 35.0 Å². The van der Waals surface area contributed by atoms with Crippen LogP contribution in [0.5, 0.6) is 0 Å². The van der Waals surface area contributed by atoms with Gasteiger partial charge < -0.3 is 0 Å². The number of halogens is 3. The van der Waals surface area contributed by atoms with Crippen LogP contribution in [0, 0.1) is 5.82 Å². The smallest absolute Gasteiger partial charge is 0.205 e. The van der Waals surface area contributed by atoms with Crippen LogP contribution >= 0.6 is 23.2 Å². The molecule has 3 aromatic rings. The monoisotopic (exact) mass is 322 g/mol. The molecule has 2 aromatic carbocycles. The lowest BCUT2D eigenvalue weighted by Gasteiger charge is -2.01. The second kappa shape index (κ2) is 5.79. The van der Waals surface area contributed by atoms with Crippen molar-refractivity contribution >= 4 is 23.2 Å². The van der Waals surface area contributed by atoms with E-state index in [4.69, 9.17) is 23.2 Å². The minimum absolute atomic E-state index is 0.340. The molecule has 0 saturated heterocycles. The van der Waals surface area contributed by atoms with Gasteiger partial charge in [-0.25, -0.2) is 4.39 Å². The van der Waals surface area contributed by atoms with Crippen molar-refractivity contribution in [2.75, 3.05) is 0 Å². The summed E-state index contributed by atoms with van der Waals surface area (Å²) in [6.07, 6.45) is 0. The third kappa shape index (κ3) is 3.20. The van der Waals surface area contributed by atoms with Crippen molar-refractivity contribution in [3.05, 3.63) is 63.9 Å². The van der Waals surface area contributed by atoms with Crippen LogP contribution < -0.4 is 0 Å². The molecule has 0 amide bonds. The number of aromatic nitrogens is 4. The Balaban J connectivity index is 1.83. The van der Waals surface area contributed by atoms with Gasteiger partial charge in [0.25, 0.3) is 0 Å². The molecule has 106 valence electrons. The summed E-state index contributed by atoms with van der Waals surface area (Å²) >= 11 is 11.8. The second-order valence-electron chi connectivity index (χ2n) is 4.40. The van der Waals surface area contributed by atoms with Crippen molar-refractivity contribution in [2.24, 2.45) is 0 Å². The molecule has 21 heavy (non-hydrogen) atoms. The first-order valence-corrected chi connectivity index (χ1v) is 6.85. The highest BCUT2D eigenvalue weighted by molar-refractivity contribution is 6.42. The van der Waals surface area contributed by atoms with Crippen molar-refractivity contribution in [3.63, 3.8) is 0 Å². The zero-order chi connectivity index (χ0) is 14.8. The number of nitrogens with zero attached hydrogens (tertiary/aromatic N) is 4. The van der Waals surface area contributed by atoms with Crippen molar-refractivity contribution in [2.45, 2.75) is 6.54 Å². The van der Waals surface area contributed by atoms with Crippen LogP contribution in [0.15, 0.2) is 42.5 Å². The van der Waals surface area contributed by atoms with E-state index in [2.05, 4.69) is 15.4 Å². The number of tetrazole rings is 1. The zero-order valence-corrected chi connectivity index (χ0v) is 12.2. The summed E-state index contributed by atoms with van der Waals surface area (Å²) in [6.45, 7) is 0.402. The highest BCUT2D eigenvalue weighted by atomic mass is 35.5. The van der Waals surface area contributed by atoms with Gasteiger partial charge in [-0.2, -0.15) is 4.80 Å². The summed E-state index contributed by atoms with van der Waals surface area (Å²) in [5.74, 6) is 0.0305. The quantitative estimate of drug-likeness (QED) is 0.736. The molecule has 0 atom stereocenters. The van der Waals surface area contributed by atoms with Crippen molar-refractivity contribution in [3.8, 4) is 11.4 Å². The summed E-state index contributed by atoms with van der Waals surface area (Å²) in [7, 11) is 0. The fraction of sp³-hybridized carbons (Fsp3) is 0.0714. The number of hydrogen-bond donors (Lipinski definition) is 0. The predicted molar refractivity (Wildman–Crippen MR) is 78.8 cm³/mol. The maximum Gasteiger partial charge on any atom is 0.205 e. The van der Waals surface area contributed by atoms with Crippen molar-refractivity contribution in [1.82, 2.24) is 20.2 Å². The molecule has 0 aliphatic carbocycles. The Morgan fingerprint density at radius 3 is 2.67 bits per heavy atom. The third-order valence-electron chi connectivity index (χ3n) is 2.84. The molecule has 0 fully saturated rings. The van der Waals surface area contributed by atoms with Gasteiger partial charge in [0.05, 0.1) is 16.6 Å². The molecular formula is C14H9Cl2FN4. The molecule has 4 nitrogen and oxygen atoms in total. The first kappa shape index (κ1) is 14.0. The molecule has 0 radical (unpaired) electrons. The van der Waals surface area contributed by atoms with Crippen LogP contribution in [0.25, 0.3) is 11.4 Å². The van der Waals surface area contributed by atoms with Gasteiger partial charge in [-0.1, -0.05) is 41.4 Å². The van der Waals surface area contributed by atoms with E-state index in [0.29, 0.717) is 28.0 Å². The van der Waals surface area contributed by atoms with E-state index in [9.17, 15) is 4.39 Å². The maximum atomic E-state index is 13.2. The Labute approximate surface area is 130 Å². The van der Waals surface area contributed by atoms with E-state index in [1.807, 2.05) is 6.07 Å². The summed E-state index contributed by atoms with van der Waals surface area (Å²) in [5.41, 5.74) is 1.47. The molecule has 3 rings (SSSR count). The highest BCUT2D eigenvalue weighted by Gasteiger charge is 2.08. The maximum absolute atomic E-state index is 13.2. The van der Waals surface area contributed by atoms with Gasteiger partial charge in [0.15, 0.2) is 0 Å². The van der Waals surface area contributed by atoms with Crippen LogP contribution in [-0.2, 0) is 6.54 Å². The van der Waals surface area contributed by atoms with Gasteiger partial charge in [0.2, 0.25) is 5.82 Å². The van der Waals surface area contributed by atoms with Gasteiger partial charge in [0, 0.05) is 5.56 Å². The van der Waals surface area contributed by atoms with E-state index in [-0.39, 0.29) is 5.82 Å². The Morgan fingerprint density at radius 2 is 1.90 bits per heavy atom. The van der Waals surface area contributed by atoms with Crippen LogP contribution in [0.1, 0.15) is 5.56 Å². The molecular weight excluding hydrogens is 314 g/mol. The van der Waals surface area contributed by atoms with Gasteiger partial charge in [-0.3, -0.25) is 0 Å². The van der Waals surface area contributed by atoms with E-state index >= 15 is 0 Å². The van der Waals surface area contributed by atoms with Crippen LogP contribution in [0.4, 0.5) is 4.39 Å². The Bertz CT molecular complexity index is 788. The normalized spacial score (nSPS) is 10.8. The molecule has 0 N–H and O–H groups in total. The standard InChI is InChI=1S/C14H9Cl2FN4/c15-12-5-4-9(6-13(12)16)8-21-19-14(18-20-21)10-2-1-3-11(17)7-10/h1-7H,8H2. The highest BCUT2D eigenvalue weighted by Crippen LogP contribution is 2.23. The van der Waals surface area contributed by atoms with Crippen LogP contribution in [0.3, 0.4) is 0 Å². The van der Waals surface area contributed by atoms with E-state index in [1.165, 1.54) is 16.9 Å². The summed E-state index contributed by atoms with van der Waals surface area (Å²) in [6, 6.07) is 11.3. The Hall–Kier alpha value is -1.98. The SMILES string of the molecule is Fc1cccc(-c2nnn(Cc3ccc(Cl)c(Cl)c3)n2)c1. The fourth-order valence-electron chi connectivity index (χ4n) is 1.85. The molecule has 1 heterocycles.